The third-order valence-corrected chi connectivity index (χ3v) is 1.54. The van der Waals surface area contributed by atoms with Gasteiger partial charge in [0.25, 0.3) is 0 Å². The maximum absolute atomic E-state index is 11.0. The highest BCUT2D eigenvalue weighted by molar-refractivity contribution is 5.60. The molecule has 0 aliphatic heterocycles. The van der Waals surface area contributed by atoms with Gasteiger partial charge in [0, 0.05) is 13.8 Å². The molecule has 0 heterocycles. The van der Waals surface area contributed by atoms with Crippen LogP contribution in [0.5, 0.6) is 0 Å². The van der Waals surface area contributed by atoms with E-state index < -0.39 is 11.9 Å². The van der Waals surface area contributed by atoms with Crippen molar-refractivity contribution < 1.29 is 19.0 Å². The highest BCUT2D eigenvalue weighted by Gasteiger charge is 2.23. The normalized spacial score (nSPS) is 11.1. The summed E-state index contributed by atoms with van der Waals surface area (Å²) in [5.74, 6) is -0.901. The van der Waals surface area contributed by atoms with Gasteiger partial charge < -0.3 is 14.2 Å². The van der Waals surface area contributed by atoms with E-state index in [0.29, 0.717) is 13.2 Å². The molecule has 4 nitrogen and oxygen atoms in total. The molecule has 0 aliphatic carbocycles. The van der Waals surface area contributed by atoms with Crippen molar-refractivity contribution in [1.29, 1.82) is 0 Å². The zero-order valence-corrected chi connectivity index (χ0v) is 9.46. The maximum Gasteiger partial charge on any atom is 0.510 e. The van der Waals surface area contributed by atoms with Gasteiger partial charge in [0.05, 0.1) is 13.2 Å². The Balaban J connectivity index is 3.75. The van der Waals surface area contributed by atoms with Crippen molar-refractivity contribution >= 4 is 6.16 Å². The summed E-state index contributed by atoms with van der Waals surface area (Å²) in [5, 5.41) is 0. The Morgan fingerprint density at radius 2 is 1.93 bits per heavy atom. The number of hydrogen-bond donors (Lipinski definition) is 0. The average Bonchev–Trinajstić information content (AvgIpc) is 2.03. The molecule has 0 bridgehead atoms. The van der Waals surface area contributed by atoms with Gasteiger partial charge in [-0.25, -0.2) is 4.79 Å². The molecule has 14 heavy (non-hydrogen) atoms. The number of carbonyl (C=O) groups is 1. The lowest BCUT2D eigenvalue weighted by atomic mass is 10.3. The first-order valence-corrected chi connectivity index (χ1v) is 5.01. The van der Waals surface area contributed by atoms with Gasteiger partial charge >= 0.3 is 6.16 Å². The Labute approximate surface area is 85.5 Å². The second-order valence-corrected chi connectivity index (χ2v) is 3.39. The van der Waals surface area contributed by atoms with E-state index in [1.54, 1.807) is 20.8 Å². The number of unbranched alkanes of at least 4 members (excludes halogenated alkanes) is 1. The van der Waals surface area contributed by atoms with Crippen molar-refractivity contribution in [3.8, 4) is 0 Å². The number of ether oxygens (including phenoxy) is 3. The van der Waals surface area contributed by atoms with Crippen LogP contribution >= 0.6 is 0 Å². The van der Waals surface area contributed by atoms with E-state index in [1.807, 2.05) is 0 Å². The molecule has 0 rings (SSSR count). The summed E-state index contributed by atoms with van der Waals surface area (Å²) in [4.78, 5) is 11.0. The minimum atomic E-state index is -0.901. The molecule has 0 atom stereocenters. The zero-order chi connectivity index (χ0) is 11.0. The lowest BCUT2D eigenvalue weighted by Crippen LogP contribution is -2.32. The Bertz CT molecular complexity index is 166. The van der Waals surface area contributed by atoms with Gasteiger partial charge in [0.1, 0.15) is 0 Å². The first kappa shape index (κ1) is 13.2. The number of hydrogen-bond acceptors (Lipinski definition) is 4. The summed E-state index contributed by atoms with van der Waals surface area (Å²) in [6.45, 7) is 8.08. The van der Waals surface area contributed by atoms with Crippen LogP contribution in [0.25, 0.3) is 0 Å². The fourth-order valence-electron chi connectivity index (χ4n) is 0.840. The highest BCUT2D eigenvalue weighted by Crippen LogP contribution is 2.13. The van der Waals surface area contributed by atoms with E-state index in [2.05, 4.69) is 11.7 Å². The largest absolute Gasteiger partial charge is 0.510 e. The van der Waals surface area contributed by atoms with Crippen LogP contribution in [0.2, 0.25) is 0 Å². The van der Waals surface area contributed by atoms with Crippen LogP contribution in [-0.2, 0) is 14.2 Å². The van der Waals surface area contributed by atoms with Crippen molar-refractivity contribution in [3.05, 3.63) is 0 Å². The Kier molecular flexibility index (Phi) is 6.28. The lowest BCUT2D eigenvalue weighted by Gasteiger charge is -2.24. The predicted octanol–water partition coefficient (Wildman–Crippen LogP) is 2.71. The Morgan fingerprint density at radius 1 is 1.29 bits per heavy atom. The van der Waals surface area contributed by atoms with Crippen molar-refractivity contribution in [3.63, 3.8) is 0 Å². The third-order valence-electron chi connectivity index (χ3n) is 1.54. The average molecular weight is 204 g/mol. The molecule has 0 fully saturated rings. The summed E-state index contributed by atoms with van der Waals surface area (Å²) in [6.07, 6.45) is 1.32. The molecule has 0 aromatic carbocycles. The van der Waals surface area contributed by atoms with Gasteiger partial charge in [-0.3, -0.25) is 0 Å². The zero-order valence-electron chi connectivity index (χ0n) is 9.46. The lowest BCUT2D eigenvalue weighted by molar-refractivity contribution is -0.189. The molecule has 4 heteroatoms. The van der Waals surface area contributed by atoms with Crippen molar-refractivity contribution in [2.24, 2.45) is 0 Å². The van der Waals surface area contributed by atoms with Crippen LogP contribution in [0, 0.1) is 0 Å². The van der Waals surface area contributed by atoms with Crippen LogP contribution in [0.15, 0.2) is 0 Å². The van der Waals surface area contributed by atoms with Gasteiger partial charge in [-0.2, -0.15) is 0 Å². The van der Waals surface area contributed by atoms with Gasteiger partial charge in [-0.1, -0.05) is 13.3 Å². The molecular formula is C10H20O4. The third kappa shape index (κ3) is 6.71. The number of rotatable bonds is 6. The monoisotopic (exact) mass is 204 g/mol. The summed E-state index contributed by atoms with van der Waals surface area (Å²) in [7, 11) is 0. The fourth-order valence-corrected chi connectivity index (χ4v) is 0.840. The van der Waals surface area contributed by atoms with Crippen LogP contribution in [0.1, 0.15) is 40.5 Å². The van der Waals surface area contributed by atoms with E-state index in [0.717, 1.165) is 12.8 Å². The molecular weight excluding hydrogens is 184 g/mol. The van der Waals surface area contributed by atoms with Crippen molar-refractivity contribution in [2.75, 3.05) is 13.2 Å². The van der Waals surface area contributed by atoms with Gasteiger partial charge in [0.15, 0.2) is 0 Å². The second-order valence-electron chi connectivity index (χ2n) is 3.39. The quantitative estimate of drug-likeness (QED) is 0.379. The van der Waals surface area contributed by atoms with Crippen LogP contribution < -0.4 is 0 Å². The van der Waals surface area contributed by atoms with Gasteiger partial charge in [-0.05, 0) is 13.3 Å². The molecule has 0 saturated carbocycles. The highest BCUT2D eigenvalue weighted by atomic mass is 16.8. The second kappa shape index (κ2) is 6.65. The Hall–Kier alpha value is -0.770. The predicted molar refractivity (Wildman–Crippen MR) is 53.0 cm³/mol. The smallest absolute Gasteiger partial charge is 0.435 e. The molecule has 0 aliphatic rings. The minimum Gasteiger partial charge on any atom is -0.435 e. The first-order chi connectivity index (χ1) is 6.52. The topological polar surface area (TPSA) is 44.8 Å². The minimum absolute atomic E-state index is 0.309. The molecule has 0 unspecified atom stereocenters. The standard InChI is InChI=1S/C10H20O4/c1-5-7-8-13-10(3,4)14-9(11)12-6-2/h5-8H2,1-4H3. The van der Waals surface area contributed by atoms with Crippen LogP contribution in [0.4, 0.5) is 4.79 Å². The van der Waals surface area contributed by atoms with E-state index >= 15 is 0 Å². The molecule has 0 saturated heterocycles. The molecule has 84 valence electrons. The van der Waals surface area contributed by atoms with Crippen molar-refractivity contribution in [1.82, 2.24) is 0 Å². The van der Waals surface area contributed by atoms with E-state index in [9.17, 15) is 4.79 Å². The van der Waals surface area contributed by atoms with E-state index in [-0.39, 0.29) is 0 Å². The summed E-state index contributed by atoms with van der Waals surface area (Å²) in [6, 6.07) is 0. The maximum atomic E-state index is 11.0. The first-order valence-electron chi connectivity index (χ1n) is 5.01. The van der Waals surface area contributed by atoms with Crippen LogP contribution in [0.3, 0.4) is 0 Å². The summed E-state index contributed by atoms with van der Waals surface area (Å²) in [5.41, 5.74) is 0. The molecule has 0 spiro atoms. The van der Waals surface area contributed by atoms with E-state index in [1.165, 1.54) is 0 Å². The molecule has 0 aromatic heterocycles. The molecule has 0 N–H and O–H groups in total. The molecule has 0 radical (unpaired) electrons. The fraction of sp³-hybridized carbons (Fsp3) is 0.900. The summed E-state index contributed by atoms with van der Waals surface area (Å²) >= 11 is 0. The summed E-state index contributed by atoms with van der Waals surface area (Å²) < 4.78 is 14.9. The van der Waals surface area contributed by atoms with Crippen LogP contribution in [-0.4, -0.2) is 25.2 Å². The number of carbonyl (C=O) groups excluding carboxylic acids is 1. The SMILES string of the molecule is CCCCOC(C)(C)OC(=O)OCC. The molecule has 0 amide bonds. The van der Waals surface area contributed by atoms with Gasteiger partial charge in [-0.15, -0.1) is 0 Å². The molecule has 0 aromatic rings. The van der Waals surface area contributed by atoms with Gasteiger partial charge in [0.2, 0.25) is 5.79 Å². The van der Waals surface area contributed by atoms with Crippen molar-refractivity contribution in [2.45, 2.75) is 46.3 Å². The van der Waals surface area contributed by atoms with E-state index in [4.69, 9.17) is 9.47 Å². The Morgan fingerprint density at radius 3 is 2.43 bits per heavy atom.